The normalized spacial score (nSPS) is 12.8. The van der Waals surface area contributed by atoms with Crippen LogP contribution in [0.15, 0.2) is 22.6 Å². The lowest BCUT2D eigenvalue weighted by atomic mass is 10.1. The standard InChI is InChI=1S/C17H24O4Si/c1-11-14-12(10-20-22(5,6)17(2,3)4)8-7-9-13(14)21-15(11)16(18)19/h7-9H,10H2,1-6H3,(H,18,19). The third-order valence-corrected chi connectivity index (χ3v) is 9.11. The van der Waals surface area contributed by atoms with Gasteiger partial charge in [0.15, 0.2) is 8.32 Å². The molecule has 0 aliphatic rings. The molecule has 1 heterocycles. The summed E-state index contributed by atoms with van der Waals surface area (Å²) in [7, 11) is -1.85. The molecule has 2 rings (SSSR count). The second-order valence-electron chi connectivity index (χ2n) is 7.20. The molecular weight excluding hydrogens is 296 g/mol. The maximum absolute atomic E-state index is 11.2. The minimum absolute atomic E-state index is 0.00905. The summed E-state index contributed by atoms with van der Waals surface area (Å²) in [4.78, 5) is 11.2. The van der Waals surface area contributed by atoms with E-state index < -0.39 is 14.3 Å². The number of carboxylic acids is 1. The number of aryl methyl sites for hydroxylation is 1. The molecule has 0 saturated heterocycles. The zero-order chi connectivity index (χ0) is 16.7. The molecule has 0 atom stereocenters. The Balaban J connectivity index is 2.39. The summed E-state index contributed by atoms with van der Waals surface area (Å²) in [5, 5.41) is 10.2. The van der Waals surface area contributed by atoms with E-state index in [1.54, 1.807) is 13.0 Å². The minimum atomic E-state index is -1.85. The molecule has 0 spiro atoms. The quantitative estimate of drug-likeness (QED) is 0.809. The molecule has 0 fully saturated rings. The summed E-state index contributed by atoms with van der Waals surface area (Å²) < 4.78 is 11.7. The van der Waals surface area contributed by atoms with E-state index in [-0.39, 0.29) is 10.8 Å². The van der Waals surface area contributed by atoms with Crippen LogP contribution in [0.3, 0.4) is 0 Å². The molecule has 0 saturated carbocycles. The van der Waals surface area contributed by atoms with Gasteiger partial charge in [-0.15, -0.1) is 0 Å². The van der Waals surface area contributed by atoms with Gasteiger partial charge in [-0.1, -0.05) is 32.9 Å². The molecule has 1 aromatic carbocycles. The van der Waals surface area contributed by atoms with Crippen LogP contribution in [0.1, 0.15) is 42.5 Å². The fraction of sp³-hybridized carbons (Fsp3) is 0.471. The van der Waals surface area contributed by atoms with Gasteiger partial charge in [0.1, 0.15) is 5.58 Å². The van der Waals surface area contributed by atoms with E-state index in [2.05, 4.69) is 33.9 Å². The van der Waals surface area contributed by atoms with Crippen LogP contribution in [-0.2, 0) is 11.0 Å². The van der Waals surface area contributed by atoms with Crippen molar-refractivity contribution in [1.82, 2.24) is 0 Å². The van der Waals surface area contributed by atoms with E-state index in [0.717, 1.165) is 10.9 Å². The first-order valence-electron chi connectivity index (χ1n) is 7.43. The zero-order valence-corrected chi connectivity index (χ0v) is 15.1. The van der Waals surface area contributed by atoms with Gasteiger partial charge < -0.3 is 13.9 Å². The van der Waals surface area contributed by atoms with Crippen LogP contribution in [0.25, 0.3) is 11.0 Å². The lowest BCUT2D eigenvalue weighted by Gasteiger charge is -2.36. The summed E-state index contributed by atoms with van der Waals surface area (Å²) in [6.45, 7) is 13.3. The predicted octanol–water partition coefficient (Wildman–Crippen LogP) is 4.96. The van der Waals surface area contributed by atoms with Crippen LogP contribution in [0.5, 0.6) is 0 Å². The van der Waals surface area contributed by atoms with Gasteiger partial charge in [-0.25, -0.2) is 4.79 Å². The van der Waals surface area contributed by atoms with Crippen molar-refractivity contribution in [2.75, 3.05) is 0 Å². The van der Waals surface area contributed by atoms with Gasteiger partial charge in [0.25, 0.3) is 0 Å². The Kier molecular flexibility index (Phi) is 4.23. The van der Waals surface area contributed by atoms with Crippen LogP contribution in [0.2, 0.25) is 18.1 Å². The molecule has 0 amide bonds. The molecule has 120 valence electrons. The van der Waals surface area contributed by atoms with Crippen molar-refractivity contribution < 1.29 is 18.7 Å². The highest BCUT2D eigenvalue weighted by atomic mass is 28.4. The maximum Gasteiger partial charge on any atom is 0.372 e. The fourth-order valence-corrected chi connectivity index (χ4v) is 3.14. The van der Waals surface area contributed by atoms with Crippen LogP contribution >= 0.6 is 0 Å². The number of carbonyl (C=O) groups is 1. The van der Waals surface area contributed by atoms with E-state index in [4.69, 9.17) is 8.84 Å². The molecule has 5 heteroatoms. The van der Waals surface area contributed by atoms with Crippen LogP contribution in [-0.4, -0.2) is 19.4 Å². The minimum Gasteiger partial charge on any atom is -0.475 e. The van der Waals surface area contributed by atoms with Crippen LogP contribution in [0.4, 0.5) is 0 Å². The number of hydrogen-bond donors (Lipinski definition) is 1. The third-order valence-electron chi connectivity index (χ3n) is 4.63. The van der Waals surface area contributed by atoms with Crippen LogP contribution < -0.4 is 0 Å². The summed E-state index contributed by atoms with van der Waals surface area (Å²) in [6, 6.07) is 5.65. The van der Waals surface area contributed by atoms with Crippen molar-refractivity contribution in [1.29, 1.82) is 0 Å². The first-order valence-corrected chi connectivity index (χ1v) is 10.3. The van der Waals surface area contributed by atoms with E-state index >= 15 is 0 Å². The topological polar surface area (TPSA) is 59.7 Å². The number of fused-ring (bicyclic) bond motifs is 1. The van der Waals surface area contributed by atoms with Gasteiger partial charge in [-0.05, 0) is 36.7 Å². The largest absolute Gasteiger partial charge is 0.475 e. The van der Waals surface area contributed by atoms with Gasteiger partial charge in [0.2, 0.25) is 5.76 Å². The number of hydrogen-bond acceptors (Lipinski definition) is 3. The molecule has 0 aliphatic carbocycles. The van der Waals surface area contributed by atoms with Crippen molar-refractivity contribution in [2.45, 2.75) is 52.4 Å². The van der Waals surface area contributed by atoms with Crippen LogP contribution in [0, 0.1) is 6.92 Å². The highest BCUT2D eigenvalue weighted by Crippen LogP contribution is 2.38. The number of carboxylic acid groups (broad SMARTS) is 1. The van der Waals surface area contributed by atoms with Crippen molar-refractivity contribution in [3.63, 3.8) is 0 Å². The molecular formula is C17H24O4Si. The van der Waals surface area contributed by atoms with Crippen molar-refractivity contribution >= 4 is 25.3 Å². The zero-order valence-electron chi connectivity index (χ0n) is 14.1. The van der Waals surface area contributed by atoms with E-state index in [0.29, 0.717) is 17.8 Å². The highest BCUT2D eigenvalue weighted by molar-refractivity contribution is 6.74. The lowest BCUT2D eigenvalue weighted by Crippen LogP contribution is -2.40. The Morgan fingerprint density at radius 2 is 1.95 bits per heavy atom. The monoisotopic (exact) mass is 320 g/mol. The van der Waals surface area contributed by atoms with E-state index in [9.17, 15) is 9.90 Å². The highest BCUT2D eigenvalue weighted by Gasteiger charge is 2.37. The average molecular weight is 320 g/mol. The number of furan rings is 1. The second kappa shape index (κ2) is 5.55. The third kappa shape index (κ3) is 2.96. The van der Waals surface area contributed by atoms with Gasteiger partial charge in [0, 0.05) is 10.9 Å². The molecule has 1 aromatic heterocycles. The first-order chi connectivity index (χ1) is 10.0. The van der Waals surface area contributed by atoms with Crippen molar-refractivity contribution in [3.8, 4) is 0 Å². The maximum atomic E-state index is 11.2. The van der Waals surface area contributed by atoms with Gasteiger partial charge >= 0.3 is 5.97 Å². The number of benzene rings is 1. The lowest BCUT2D eigenvalue weighted by molar-refractivity contribution is 0.0664. The molecule has 0 unspecified atom stereocenters. The first kappa shape index (κ1) is 16.8. The fourth-order valence-electron chi connectivity index (χ4n) is 2.19. The predicted molar refractivity (Wildman–Crippen MR) is 89.9 cm³/mol. The summed E-state index contributed by atoms with van der Waals surface area (Å²) in [5.74, 6) is -1.03. The number of rotatable bonds is 4. The Bertz CT molecular complexity index is 707. The smallest absolute Gasteiger partial charge is 0.372 e. The molecule has 0 radical (unpaired) electrons. The van der Waals surface area contributed by atoms with Gasteiger partial charge in [-0.3, -0.25) is 0 Å². The summed E-state index contributed by atoms with van der Waals surface area (Å²) in [5.41, 5.74) is 2.25. The Morgan fingerprint density at radius 3 is 2.50 bits per heavy atom. The van der Waals surface area contributed by atoms with E-state index in [1.807, 2.05) is 12.1 Å². The Labute approximate surface area is 132 Å². The molecule has 0 bridgehead atoms. The Morgan fingerprint density at radius 1 is 1.32 bits per heavy atom. The van der Waals surface area contributed by atoms with E-state index in [1.165, 1.54) is 0 Å². The summed E-state index contributed by atoms with van der Waals surface area (Å²) >= 11 is 0. The molecule has 1 N–H and O–H groups in total. The summed E-state index contributed by atoms with van der Waals surface area (Å²) in [6.07, 6.45) is 0. The molecule has 22 heavy (non-hydrogen) atoms. The Hall–Kier alpha value is -1.59. The van der Waals surface area contributed by atoms with Crippen molar-refractivity contribution in [3.05, 3.63) is 35.1 Å². The molecule has 0 aliphatic heterocycles. The molecule has 2 aromatic rings. The van der Waals surface area contributed by atoms with Crippen molar-refractivity contribution in [2.24, 2.45) is 0 Å². The SMILES string of the molecule is Cc1c(C(=O)O)oc2cccc(CO[Si](C)(C)C(C)(C)C)c12. The average Bonchev–Trinajstić information content (AvgIpc) is 2.73. The second-order valence-corrected chi connectivity index (χ2v) is 12.0. The number of aromatic carboxylic acids is 1. The van der Waals surface area contributed by atoms with Gasteiger partial charge in [-0.2, -0.15) is 0 Å². The van der Waals surface area contributed by atoms with Gasteiger partial charge in [0.05, 0.1) is 6.61 Å². The molecule has 4 nitrogen and oxygen atoms in total.